The van der Waals surface area contributed by atoms with E-state index in [9.17, 15) is 8.42 Å². The first-order valence-electron chi connectivity index (χ1n) is 7.51. The fourth-order valence-corrected chi connectivity index (χ4v) is 5.25. The second-order valence-corrected chi connectivity index (χ2v) is 8.67. The third kappa shape index (κ3) is 2.14. The molecule has 1 saturated heterocycles. The summed E-state index contributed by atoms with van der Waals surface area (Å²) in [4.78, 5) is 0.236. The predicted molar refractivity (Wildman–Crippen MR) is 77.3 cm³/mol. The van der Waals surface area contributed by atoms with Gasteiger partial charge in [-0.1, -0.05) is 24.6 Å². The highest BCUT2D eigenvalue weighted by Gasteiger charge is 2.67. The Kier molecular flexibility index (Phi) is 2.82. The minimum Gasteiger partial charge on any atom is -0.369 e. The fourth-order valence-electron chi connectivity index (χ4n) is 4.22. The van der Waals surface area contributed by atoms with E-state index in [0.29, 0.717) is 24.0 Å². The van der Waals surface area contributed by atoms with E-state index in [2.05, 4.69) is 6.92 Å². The quantitative estimate of drug-likeness (QED) is 0.633. The molecule has 0 radical (unpaired) electrons. The van der Waals surface area contributed by atoms with Crippen LogP contribution in [-0.2, 0) is 19.0 Å². The number of epoxide rings is 1. The van der Waals surface area contributed by atoms with Crippen molar-refractivity contribution in [1.82, 2.24) is 0 Å². The molecule has 1 aromatic carbocycles. The molecule has 1 aromatic rings. The van der Waals surface area contributed by atoms with Crippen molar-refractivity contribution in [3.05, 3.63) is 29.8 Å². The molecular weight excluding hydrogens is 288 g/mol. The molecule has 1 aliphatic heterocycles. The van der Waals surface area contributed by atoms with Crippen molar-refractivity contribution in [3.8, 4) is 0 Å². The van der Waals surface area contributed by atoms with Crippen LogP contribution >= 0.6 is 0 Å². The van der Waals surface area contributed by atoms with E-state index in [4.69, 9.17) is 8.92 Å². The first-order valence-corrected chi connectivity index (χ1v) is 8.91. The molecule has 2 aliphatic carbocycles. The Balaban J connectivity index is 1.48. The Morgan fingerprint density at radius 1 is 1.29 bits per heavy atom. The fraction of sp³-hybridized carbons (Fsp3) is 0.625. The average Bonchev–Trinajstić information content (AvgIpc) is 3.08. The monoisotopic (exact) mass is 308 g/mol. The molecule has 0 unspecified atom stereocenters. The SMILES string of the molecule is Cc1ccc(S(=O)(=O)OC[C@]2(C)C[C@H]3C[C@H]2[C@@H]2O[C@H]32)cc1. The molecule has 5 heteroatoms. The third-order valence-electron chi connectivity index (χ3n) is 5.46. The standard InChI is InChI=1S/C16H20O4S/c1-10-3-5-12(6-4-10)21(17,18)19-9-16(2)8-11-7-13(16)15-14(11)20-15/h3-6,11,13-15H,7-9H2,1-2H3/t11-,13+,14-,15+,16+/m1/s1. The van der Waals surface area contributed by atoms with Gasteiger partial charge in [0, 0.05) is 0 Å². The lowest BCUT2D eigenvalue weighted by Crippen LogP contribution is -2.34. The zero-order valence-electron chi connectivity index (χ0n) is 12.3. The molecule has 0 N–H and O–H groups in total. The van der Waals surface area contributed by atoms with Crippen molar-refractivity contribution in [3.63, 3.8) is 0 Å². The van der Waals surface area contributed by atoms with Gasteiger partial charge in [0.15, 0.2) is 0 Å². The van der Waals surface area contributed by atoms with Crippen molar-refractivity contribution >= 4 is 10.1 Å². The van der Waals surface area contributed by atoms with Crippen LogP contribution in [0.4, 0.5) is 0 Å². The lowest BCUT2D eigenvalue weighted by molar-refractivity contribution is 0.102. The van der Waals surface area contributed by atoms with Gasteiger partial charge in [0.25, 0.3) is 10.1 Å². The molecule has 3 fully saturated rings. The second-order valence-electron chi connectivity index (χ2n) is 7.06. The lowest BCUT2D eigenvalue weighted by Gasteiger charge is -2.31. The number of benzene rings is 1. The molecule has 2 bridgehead atoms. The van der Waals surface area contributed by atoms with Crippen LogP contribution in [0, 0.1) is 24.2 Å². The van der Waals surface area contributed by atoms with Crippen molar-refractivity contribution in [1.29, 1.82) is 0 Å². The summed E-state index contributed by atoms with van der Waals surface area (Å²) in [6.45, 7) is 4.33. The maximum Gasteiger partial charge on any atom is 0.296 e. The highest BCUT2D eigenvalue weighted by Crippen LogP contribution is 2.64. The van der Waals surface area contributed by atoms with Crippen molar-refractivity contribution in [2.24, 2.45) is 17.3 Å². The van der Waals surface area contributed by atoms with Crippen LogP contribution in [0.3, 0.4) is 0 Å². The molecule has 5 atom stereocenters. The Hall–Kier alpha value is -0.910. The molecule has 21 heavy (non-hydrogen) atoms. The van der Waals surface area contributed by atoms with E-state index in [1.54, 1.807) is 24.3 Å². The van der Waals surface area contributed by atoms with Crippen LogP contribution < -0.4 is 0 Å². The number of hydrogen-bond donors (Lipinski definition) is 0. The molecule has 0 amide bonds. The summed E-state index contributed by atoms with van der Waals surface area (Å²) in [5.41, 5.74) is 0.964. The topological polar surface area (TPSA) is 55.9 Å². The van der Waals surface area contributed by atoms with E-state index >= 15 is 0 Å². The second kappa shape index (κ2) is 4.31. The van der Waals surface area contributed by atoms with Gasteiger partial charge in [0.05, 0.1) is 23.7 Å². The van der Waals surface area contributed by atoms with Gasteiger partial charge in [-0.05, 0) is 49.1 Å². The Morgan fingerprint density at radius 3 is 2.62 bits per heavy atom. The number of aryl methyl sites for hydroxylation is 1. The summed E-state index contributed by atoms with van der Waals surface area (Å²) < 4.78 is 35.6. The number of hydrogen-bond acceptors (Lipinski definition) is 4. The van der Waals surface area contributed by atoms with E-state index in [1.807, 2.05) is 6.92 Å². The van der Waals surface area contributed by atoms with E-state index in [1.165, 1.54) is 6.42 Å². The smallest absolute Gasteiger partial charge is 0.296 e. The van der Waals surface area contributed by atoms with E-state index < -0.39 is 10.1 Å². The largest absolute Gasteiger partial charge is 0.369 e. The van der Waals surface area contributed by atoms with Crippen molar-refractivity contribution in [2.45, 2.75) is 43.8 Å². The van der Waals surface area contributed by atoms with Crippen LogP contribution in [0.1, 0.15) is 25.3 Å². The first-order chi connectivity index (χ1) is 9.89. The molecule has 3 aliphatic rings. The van der Waals surface area contributed by atoms with Crippen LogP contribution in [-0.4, -0.2) is 27.2 Å². The van der Waals surface area contributed by atoms with Crippen LogP contribution in [0.5, 0.6) is 0 Å². The summed E-state index contributed by atoms with van der Waals surface area (Å²) in [6.07, 6.45) is 3.00. The van der Waals surface area contributed by atoms with Gasteiger partial charge in [-0.3, -0.25) is 4.18 Å². The van der Waals surface area contributed by atoms with E-state index in [-0.39, 0.29) is 16.9 Å². The molecule has 4 nitrogen and oxygen atoms in total. The average molecular weight is 308 g/mol. The first kappa shape index (κ1) is 13.7. The van der Waals surface area contributed by atoms with Gasteiger partial charge in [0.1, 0.15) is 0 Å². The third-order valence-corrected chi connectivity index (χ3v) is 6.73. The summed E-state index contributed by atoms with van der Waals surface area (Å²) in [5.74, 6) is 1.07. The Morgan fingerprint density at radius 2 is 2.00 bits per heavy atom. The van der Waals surface area contributed by atoms with Gasteiger partial charge in [-0.25, -0.2) is 0 Å². The molecular formula is C16H20O4S. The number of rotatable bonds is 4. The minimum atomic E-state index is -3.66. The zero-order valence-corrected chi connectivity index (χ0v) is 13.1. The van der Waals surface area contributed by atoms with Crippen molar-refractivity contribution < 1.29 is 17.3 Å². The lowest BCUT2D eigenvalue weighted by atomic mass is 9.75. The Bertz CT molecular complexity index is 666. The zero-order chi connectivity index (χ0) is 14.8. The minimum absolute atomic E-state index is 0.0693. The molecule has 0 spiro atoms. The van der Waals surface area contributed by atoms with Crippen LogP contribution in [0.25, 0.3) is 0 Å². The summed E-state index contributed by atoms with van der Waals surface area (Å²) in [7, 11) is -3.66. The Labute approximate surface area is 125 Å². The summed E-state index contributed by atoms with van der Waals surface area (Å²) in [5, 5.41) is 0. The maximum atomic E-state index is 12.3. The van der Waals surface area contributed by atoms with E-state index in [0.717, 1.165) is 12.0 Å². The molecule has 0 aromatic heterocycles. The van der Waals surface area contributed by atoms with Gasteiger partial charge in [-0.2, -0.15) is 8.42 Å². The molecule has 114 valence electrons. The highest BCUT2D eigenvalue weighted by molar-refractivity contribution is 7.86. The molecule has 1 heterocycles. The summed E-state index contributed by atoms with van der Waals surface area (Å²) >= 11 is 0. The highest BCUT2D eigenvalue weighted by atomic mass is 32.2. The van der Waals surface area contributed by atoms with Gasteiger partial charge in [0.2, 0.25) is 0 Å². The number of ether oxygens (including phenoxy) is 1. The van der Waals surface area contributed by atoms with Gasteiger partial charge >= 0.3 is 0 Å². The maximum absolute atomic E-state index is 12.3. The summed E-state index contributed by atoms with van der Waals surface area (Å²) in [6, 6.07) is 6.79. The van der Waals surface area contributed by atoms with Crippen molar-refractivity contribution in [2.75, 3.05) is 6.61 Å². The predicted octanol–water partition coefficient (Wildman–Crippen LogP) is 2.51. The molecule has 4 rings (SSSR count). The number of fused-ring (bicyclic) bond motifs is 5. The van der Waals surface area contributed by atoms with Gasteiger partial charge in [-0.15, -0.1) is 0 Å². The van der Waals surface area contributed by atoms with Crippen LogP contribution in [0.15, 0.2) is 29.2 Å². The normalized spacial score (nSPS) is 40.3. The van der Waals surface area contributed by atoms with Gasteiger partial charge < -0.3 is 4.74 Å². The molecule has 2 saturated carbocycles. The van der Waals surface area contributed by atoms with Crippen LogP contribution in [0.2, 0.25) is 0 Å².